The van der Waals surface area contributed by atoms with E-state index in [2.05, 4.69) is 10.3 Å². The number of aromatic nitrogens is 2. The second kappa shape index (κ2) is 6.14. The van der Waals surface area contributed by atoms with Crippen LogP contribution in [-0.4, -0.2) is 21.2 Å². The van der Waals surface area contributed by atoms with Crippen LogP contribution in [0, 0.1) is 12.8 Å². The molecular weight excluding hydrogens is 322 g/mol. The van der Waals surface area contributed by atoms with Crippen LogP contribution in [0.3, 0.4) is 0 Å². The van der Waals surface area contributed by atoms with Crippen molar-refractivity contribution in [2.45, 2.75) is 18.6 Å². The smallest absolute Gasteiger partial charge is 0.254 e. The standard InChI is InChI=1S/C15H14ClN3O2S/c1-9-11(16)3-2-4-12(9)18-14(21)10-7-19-13(20)5-6-17-15(19)22-8-10/h2-6,10H,7-8H2,1H3,(H,18,21). The zero-order valence-electron chi connectivity index (χ0n) is 11.9. The van der Waals surface area contributed by atoms with Crippen molar-refractivity contribution in [1.29, 1.82) is 0 Å². The van der Waals surface area contributed by atoms with Gasteiger partial charge in [-0.2, -0.15) is 0 Å². The fourth-order valence-corrected chi connectivity index (χ4v) is 3.52. The quantitative estimate of drug-likeness (QED) is 0.857. The second-order valence-electron chi connectivity index (χ2n) is 5.09. The van der Waals surface area contributed by atoms with Gasteiger partial charge in [-0.05, 0) is 24.6 Å². The fourth-order valence-electron chi connectivity index (χ4n) is 2.29. The first-order valence-corrected chi connectivity index (χ1v) is 8.17. The maximum atomic E-state index is 12.4. The molecule has 0 bridgehead atoms. The van der Waals surface area contributed by atoms with E-state index in [0.717, 1.165) is 5.56 Å². The Balaban J connectivity index is 1.78. The predicted molar refractivity (Wildman–Crippen MR) is 87.5 cm³/mol. The third kappa shape index (κ3) is 2.89. The maximum absolute atomic E-state index is 12.4. The number of fused-ring (bicyclic) bond motifs is 1. The average molecular weight is 336 g/mol. The van der Waals surface area contributed by atoms with Crippen molar-refractivity contribution in [2.24, 2.45) is 5.92 Å². The number of hydrogen-bond donors (Lipinski definition) is 1. The van der Waals surface area contributed by atoms with Crippen LogP contribution in [0.25, 0.3) is 0 Å². The van der Waals surface area contributed by atoms with Crippen LogP contribution in [0.5, 0.6) is 0 Å². The number of carbonyl (C=O) groups is 1. The Hall–Kier alpha value is -1.79. The molecule has 1 aromatic carbocycles. The highest BCUT2D eigenvalue weighted by molar-refractivity contribution is 7.99. The van der Waals surface area contributed by atoms with Gasteiger partial charge in [-0.3, -0.25) is 14.2 Å². The monoisotopic (exact) mass is 335 g/mol. The Labute approximate surface area is 136 Å². The minimum absolute atomic E-state index is 0.112. The number of anilines is 1. The van der Waals surface area contributed by atoms with Gasteiger partial charge >= 0.3 is 0 Å². The summed E-state index contributed by atoms with van der Waals surface area (Å²) in [6.07, 6.45) is 1.50. The Kier molecular flexibility index (Phi) is 4.22. The van der Waals surface area contributed by atoms with Crippen LogP contribution in [0.4, 0.5) is 5.69 Å². The summed E-state index contributed by atoms with van der Waals surface area (Å²) in [5, 5.41) is 4.17. The predicted octanol–water partition coefficient (Wildman–Crippen LogP) is 2.57. The highest BCUT2D eigenvalue weighted by atomic mass is 35.5. The summed E-state index contributed by atoms with van der Waals surface area (Å²) < 4.78 is 1.54. The molecule has 1 N–H and O–H groups in total. The number of hydrogen-bond acceptors (Lipinski definition) is 4. The number of amides is 1. The van der Waals surface area contributed by atoms with Gasteiger partial charge in [0.2, 0.25) is 5.91 Å². The molecule has 2 aromatic rings. The minimum atomic E-state index is -0.280. The van der Waals surface area contributed by atoms with Gasteiger partial charge in [0.25, 0.3) is 5.56 Å². The van der Waals surface area contributed by atoms with E-state index in [-0.39, 0.29) is 17.4 Å². The van der Waals surface area contributed by atoms with Crippen molar-refractivity contribution in [3.8, 4) is 0 Å². The number of rotatable bonds is 2. The molecule has 0 aliphatic carbocycles. The molecule has 22 heavy (non-hydrogen) atoms. The number of thioether (sulfide) groups is 1. The molecule has 0 fully saturated rings. The molecule has 1 aliphatic heterocycles. The number of benzene rings is 1. The van der Waals surface area contributed by atoms with Gasteiger partial charge in [0.05, 0.1) is 5.92 Å². The van der Waals surface area contributed by atoms with E-state index in [4.69, 9.17) is 11.6 Å². The van der Waals surface area contributed by atoms with Crippen LogP contribution in [0.15, 0.2) is 40.4 Å². The molecule has 3 rings (SSSR count). The Morgan fingerprint density at radius 1 is 1.45 bits per heavy atom. The SMILES string of the molecule is Cc1c(Cl)cccc1NC(=O)C1CSc2nccc(=O)n2C1. The molecule has 114 valence electrons. The lowest BCUT2D eigenvalue weighted by Gasteiger charge is -2.24. The van der Waals surface area contributed by atoms with E-state index >= 15 is 0 Å². The second-order valence-corrected chi connectivity index (χ2v) is 6.48. The van der Waals surface area contributed by atoms with Crippen LogP contribution < -0.4 is 10.9 Å². The third-order valence-electron chi connectivity index (χ3n) is 3.61. The molecule has 0 spiro atoms. The van der Waals surface area contributed by atoms with E-state index in [9.17, 15) is 9.59 Å². The van der Waals surface area contributed by atoms with Crippen LogP contribution in [0.1, 0.15) is 5.56 Å². The van der Waals surface area contributed by atoms with Gasteiger partial charge in [-0.1, -0.05) is 29.4 Å². The van der Waals surface area contributed by atoms with Crippen molar-refractivity contribution < 1.29 is 4.79 Å². The Bertz CT molecular complexity index is 791. The Morgan fingerprint density at radius 3 is 3.09 bits per heavy atom. The molecule has 1 aromatic heterocycles. The van der Waals surface area contributed by atoms with Gasteiger partial charge < -0.3 is 5.32 Å². The maximum Gasteiger partial charge on any atom is 0.254 e. The topological polar surface area (TPSA) is 64.0 Å². The summed E-state index contributed by atoms with van der Waals surface area (Å²) in [6, 6.07) is 6.80. The van der Waals surface area contributed by atoms with Crippen LogP contribution in [-0.2, 0) is 11.3 Å². The largest absolute Gasteiger partial charge is 0.325 e. The molecule has 1 amide bonds. The molecule has 1 unspecified atom stereocenters. The van der Waals surface area contributed by atoms with Gasteiger partial charge in [-0.25, -0.2) is 4.98 Å². The number of nitrogens with zero attached hydrogens (tertiary/aromatic N) is 2. The van der Waals surface area contributed by atoms with Gasteiger partial charge in [-0.15, -0.1) is 0 Å². The molecule has 5 nitrogen and oxygen atoms in total. The van der Waals surface area contributed by atoms with Crippen LogP contribution in [0.2, 0.25) is 5.02 Å². The van der Waals surface area contributed by atoms with E-state index in [1.165, 1.54) is 24.0 Å². The van der Waals surface area contributed by atoms with Crippen molar-refractivity contribution in [3.63, 3.8) is 0 Å². The summed E-state index contributed by atoms with van der Waals surface area (Å²) in [5.41, 5.74) is 1.40. The van der Waals surface area contributed by atoms with Gasteiger partial charge in [0, 0.05) is 35.3 Å². The first-order valence-electron chi connectivity index (χ1n) is 6.81. The summed E-state index contributed by atoms with van der Waals surface area (Å²) in [6.45, 7) is 2.21. The highest BCUT2D eigenvalue weighted by Gasteiger charge is 2.26. The van der Waals surface area contributed by atoms with Gasteiger partial charge in [0.15, 0.2) is 5.16 Å². The molecular formula is C15H14ClN3O2S. The molecule has 0 saturated carbocycles. The van der Waals surface area contributed by atoms with E-state index in [1.807, 2.05) is 13.0 Å². The fraction of sp³-hybridized carbons (Fsp3) is 0.267. The van der Waals surface area contributed by atoms with E-state index in [0.29, 0.717) is 28.2 Å². The molecule has 7 heteroatoms. The lowest BCUT2D eigenvalue weighted by atomic mass is 10.1. The van der Waals surface area contributed by atoms with Crippen molar-refractivity contribution in [1.82, 2.24) is 9.55 Å². The van der Waals surface area contributed by atoms with Crippen molar-refractivity contribution in [3.05, 3.63) is 51.4 Å². The van der Waals surface area contributed by atoms with E-state index < -0.39 is 0 Å². The normalized spacial score (nSPS) is 16.9. The zero-order valence-corrected chi connectivity index (χ0v) is 13.4. The number of halogens is 1. The molecule has 1 aliphatic rings. The minimum Gasteiger partial charge on any atom is -0.325 e. The van der Waals surface area contributed by atoms with Gasteiger partial charge in [0.1, 0.15) is 0 Å². The molecule has 0 radical (unpaired) electrons. The Morgan fingerprint density at radius 2 is 2.27 bits per heavy atom. The lowest BCUT2D eigenvalue weighted by molar-refractivity contribution is -0.119. The van der Waals surface area contributed by atoms with Crippen molar-refractivity contribution >= 4 is 35.0 Å². The summed E-state index contributed by atoms with van der Waals surface area (Å²) >= 11 is 7.48. The molecule has 1 atom stereocenters. The van der Waals surface area contributed by atoms with E-state index in [1.54, 1.807) is 16.7 Å². The molecule has 2 heterocycles. The first-order chi connectivity index (χ1) is 10.6. The summed E-state index contributed by atoms with van der Waals surface area (Å²) in [7, 11) is 0. The summed E-state index contributed by atoms with van der Waals surface area (Å²) in [4.78, 5) is 28.5. The molecule has 0 saturated heterocycles. The summed E-state index contributed by atoms with van der Waals surface area (Å²) in [5.74, 6) is 0.207. The lowest BCUT2D eigenvalue weighted by Crippen LogP contribution is -2.36. The number of carbonyl (C=O) groups excluding carboxylic acids is 1. The first kappa shape index (κ1) is 15.1. The third-order valence-corrected chi connectivity index (χ3v) is 5.17. The van der Waals surface area contributed by atoms with Crippen LogP contribution >= 0.6 is 23.4 Å². The zero-order chi connectivity index (χ0) is 15.7. The highest BCUT2D eigenvalue weighted by Crippen LogP contribution is 2.27. The van der Waals surface area contributed by atoms with Crippen molar-refractivity contribution in [2.75, 3.05) is 11.1 Å². The number of nitrogens with one attached hydrogen (secondary N) is 1. The average Bonchev–Trinajstić information content (AvgIpc) is 2.52.